The predicted molar refractivity (Wildman–Crippen MR) is 90.4 cm³/mol. The zero-order valence-electron chi connectivity index (χ0n) is 13.9. The van der Waals surface area contributed by atoms with Crippen LogP contribution in [0.15, 0.2) is 11.3 Å². The highest BCUT2D eigenvalue weighted by Crippen LogP contribution is 2.37. The Hall–Kier alpha value is -0.0831. The normalized spacial score (nSPS) is 27.4. The molecule has 0 aromatic carbocycles. The lowest BCUT2D eigenvalue weighted by Crippen LogP contribution is -2.44. The average Bonchev–Trinajstić information content (AvgIpc) is 2.45. The van der Waals surface area contributed by atoms with Gasteiger partial charge in [0.25, 0.3) is 0 Å². The lowest BCUT2D eigenvalue weighted by molar-refractivity contribution is 0.0988. The Balaban J connectivity index is 1.86. The molecule has 1 nitrogen and oxygen atoms in total. The Bertz CT molecular complexity index is 315. The zero-order valence-corrected chi connectivity index (χ0v) is 14.9. The van der Waals surface area contributed by atoms with Crippen molar-refractivity contribution in [3.63, 3.8) is 0 Å². The smallest absolute Gasteiger partial charge is 0.214 e. The first-order valence-electron chi connectivity index (χ1n) is 9.01. The fraction of sp³-hybridized carbons (Fsp3) is 0.889. The number of unbranched alkanes of at least 4 members (excludes halogenated alkanes) is 3. The summed E-state index contributed by atoms with van der Waals surface area (Å²) in [5, 5.41) is 1.70. The molecule has 1 aliphatic heterocycles. The number of rotatable bonds is 6. The second kappa shape index (κ2) is 7.79. The van der Waals surface area contributed by atoms with E-state index in [1.165, 1.54) is 70.6 Å². The Kier molecular flexibility index (Phi) is 6.35. The maximum atomic E-state index is 6.65. The Morgan fingerprint density at radius 2 is 1.85 bits per heavy atom. The van der Waals surface area contributed by atoms with E-state index in [0.29, 0.717) is 6.10 Å². The Labute approximate surface area is 127 Å². The van der Waals surface area contributed by atoms with Gasteiger partial charge >= 0.3 is 0 Å². The van der Waals surface area contributed by atoms with E-state index in [9.17, 15) is 0 Å². The van der Waals surface area contributed by atoms with E-state index < -0.39 is 8.32 Å². The van der Waals surface area contributed by atoms with E-state index in [1.54, 1.807) is 5.20 Å². The molecule has 0 amide bonds. The van der Waals surface area contributed by atoms with Gasteiger partial charge in [-0.2, -0.15) is 0 Å². The van der Waals surface area contributed by atoms with Crippen LogP contribution in [0.25, 0.3) is 0 Å². The summed E-state index contributed by atoms with van der Waals surface area (Å²) < 4.78 is 6.65. The molecule has 1 heterocycles. The highest BCUT2D eigenvalue weighted by molar-refractivity contribution is 6.78. The molecule has 0 unspecified atom stereocenters. The first kappa shape index (κ1) is 16.3. The maximum absolute atomic E-state index is 6.65. The molecule has 0 spiro atoms. The zero-order chi connectivity index (χ0) is 14.4. The van der Waals surface area contributed by atoms with Crippen molar-refractivity contribution in [2.24, 2.45) is 5.92 Å². The van der Waals surface area contributed by atoms with Crippen molar-refractivity contribution >= 4 is 8.32 Å². The summed E-state index contributed by atoms with van der Waals surface area (Å²) in [6, 6.07) is 0. The van der Waals surface area contributed by atoms with Crippen molar-refractivity contribution < 1.29 is 4.43 Å². The van der Waals surface area contributed by atoms with Crippen LogP contribution < -0.4 is 0 Å². The molecule has 0 radical (unpaired) electrons. The molecule has 0 aromatic rings. The quantitative estimate of drug-likeness (QED) is 0.431. The van der Waals surface area contributed by atoms with Crippen molar-refractivity contribution in [3.8, 4) is 0 Å². The SMILES string of the molecule is CCCCCCC1=CC[C@H](C2CCCCC2)O[Si]1(C)C. The van der Waals surface area contributed by atoms with E-state index in [-0.39, 0.29) is 0 Å². The summed E-state index contributed by atoms with van der Waals surface area (Å²) in [4.78, 5) is 0. The molecule has 2 rings (SSSR count). The molecule has 0 aromatic heterocycles. The van der Waals surface area contributed by atoms with Gasteiger partial charge in [0.2, 0.25) is 8.32 Å². The van der Waals surface area contributed by atoms with Gasteiger partial charge in [0.1, 0.15) is 0 Å². The molecule has 2 aliphatic rings. The molecule has 1 saturated carbocycles. The summed E-state index contributed by atoms with van der Waals surface area (Å²) in [5.74, 6) is 0.855. The van der Waals surface area contributed by atoms with Gasteiger partial charge in [-0.15, -0.1) is 0 Å². The van der Waals surface area contributed by atoms with Crippen LogP contribution in [0.2, 0.25) is 13.1 Å². The van der Waals surface area contributed by atoms with Gasteiger partial charge in [0.15, 0.2) is 0 Å². The van der Waals surface area contributed by atoms with E-state index >= 15 is 0 Å². The lowest BCUT2D eigenvalue weighted by atomic mass is 9.84. The summed E-state index contributed by atoms with van der Waals surface area (Å²) in [6.45, 7) is 7.14. The van der Waals surface area contributed by atoms with Crippen LogP contribution in [0.1, 0.15) is 77.6 Å². The first-order chi connectivity index (χ1) is 9.63. The molecule has 1 fully saturated rings. The molecule has 2 heteroatoms. The van der Waals surface area contributed by atoms with Gasteiger partial charge in [0, 0.05) is 0 Å². The van der Waals surface area contributed by atoms with Gasteiger partial charge in [-0.05, 0) is 51.1 Å². The highest BCUT2D eigenvalue weighted by atomic mass is 28.4. The van der Waals surface area contributed by atoms with Crippen molar-refractivity contribution in [1.82, 2.24) is 0 Å². The second-order valence-electron chi connectivity index (χ2n) is 7.34. The van der Waals surface area contributed by atoms with Crippen LogP contribution in [0.3, 0.4) is 0 Å². The van der Waals surface area contributed by atoms with Crippen LogP contribution >= 0.6 is 0 Å². The van der Waals surface area contributed by atoms with Crippen molar-refractivity contribution in [1.29, 1.82) is 0 Å². The highest BCUT2D eigenvalue weighted by Gasteiger charge is 2.37. The Morgan fingerprint density at radius 3 is 2.50 bits per heavy atom. The molecule has 0 saturated heterocycles. The maximum Gasteiger partial charge on any atom is 0.214 e. The summed E-state index contributed by atoms with van der Waals surface area (Å²) >= 11 is 0. The molecule has 20 heavy (non-hydrogen) atoms. The van der Waals surface area contributed by atoms with Gasteiger partial charge < -0.3 is 4.43 Å². The predicted octanol–water partition coefficient (Wildman–Crippen LogP) is 6.00. The first-order valence-corrected chi connectivity index (χ1v) is 11.9. The van der Waals surface area contributed by atoms with Gasteiger partial charge in [0.05, 0.1) is 6.10 Å². The molecule has 116 valence electrons. The summed E-state index contributed by atoms with van der Waals surface area (Å²) in [7, 11) is -1.57. The third-order valence-corrected chi connectivity index (χ3v) is 8.18. The van der Waals surface area contributed by atoms with Crippen LogP contribution in [0.4, 0.5) is 0 Å². The minimum absolute atomic E-state index is 0.552. The third-order valence-electron chi connectivity index (χ3n) is 5.29. The molecule has 0 N–H and O–H groups in total. The fourth-order valence-electron chi connectivity index (χ4n) is 3.95. The van der Waals surface area contributed by atoms with Crippen LogP contribution in [-0.4, -0.2) is 14.4 Å². The topological polar surface area (TPSA) is 9.23 Å². The second-order valence-corrected chi connectivity index (χ2v) is 11.2. The van der Waals surface area contributed by atoms with Crippen LogP contribution in [0, 0.1) is 5.92 Å². The summed E-state index contributed by atoms with van der Waals surface area (Å²) in [6.07, 6.45) is 18.3. The van der Waals surface area contributed by atoms with Gasteiger partial charge in [-0.3, -0.25) is 0 Å². The largest absolute Gasteiger partial charge is 0.410 e. The monoisotopic (exact) mass is 294 g/mol. The molecular formula is C18H34OSi. The molecule has 1 aliphatic carbocycles. The lowest BCUT2D eigenvalue weighted by Gasteiger charge is -2.40. The van der Waals surface area contributed by atoms with E-state index in [1.807, 2.05) is 0 Å². The minimum atomic E-state index is -1.57. The molecule has 1 atom stereocenters. The standard InChI is InChI=1S/C18H34OSi/c1-4-5-6-10-13-17-14-15-18(19-20(17,2)3)16-11-8-7-9-12-16/h14,16,18H,4-13,15H2,1-3H3/t18-/m1/s1. The number of hydrogen-bond acceptors (Lipinski definition) is 1. The van der Waals surface area contributed by atoms with E-state index in [2.05, 4.69) is 26.1 Å². The van der Waals surface area contributed by atoms with Crippen LogP contribution in [0.5, 0.6) is 0 Å². The van der Waals surface area contributed by atoms with Gasteiger partial charge in [-0.1, -0.05) is 56.7 Å². The number of allylic oxidation sites excluding steroid dienone is 1. The van der Waals surface area contributed by atoms with Crippen molar-refractivity contribution in [2.45, 2.75) is 96.8 Å². The van der Waals surface area contributed by atoms with E-state index in [4.69, 9.17) is 4.43 Å². The third kappa shape index (κ3) is 4.46. The van der Waals surface area contributed by atoms with Crippen molar-refractivity contribution in [2.75, 3.05) is 0 Å². The van der Waals surface area contributed by atoms with Crippen molar-refractivity contribution in [3.05, 3.63) is 11.3 Å². The summed E-state index contributed by atoms with van der Waals surface area (Å²) in [5.41, 5.74) is 0. The fourth-order valence-corrected chi connectivity index (χ4v) is 6.53. The minimum Gasteiger partial charge on any atom is -0.410 e. The van der Waals surface area contributed by atoms with Gasteiger partial charge in [-0.25, -0.2) is 0 Å². The van der Waals surface area contributed by atoms with E-state index in [0.717, 1.165) is 5.92 Å². The number of hydrogen-bond donors (Lipinski definition) is 0. The Morgan fingerprint density at radius 1 is 1.10 bits per heavy atom. The molecule has 0 bridgehead atoms. The van der Waals surface area contributed by atoms with Crippen LogP contribution in [-0.2, 0) is 4.43 Å². The molecular weight excluding hydrogens is 260 g/mol. The average molecular weight is 295 g/mol.